The van der Waals surface area contributed by atoms with E-state index in [2.05, 4.69) is 0 Å². The van der Waals surface area contributed by atoms with Crippen LogP contribution in [0.25, 0.3) is 6.08 Å². The van der Waals surface area contributed by atoms with Crippen molar-refractivity contribution >= 4 is 11.9 Å². The Bertz CT molecular complexity index is 1590. The second-order valence-electron chi connectivity index (χ2n) is 10.1. The molecule has 8 nitrogen and oxygen atoms in total. The van der Waals surface area contributed by atoms with Gasteiger partial charge in [-0.05, 0) is 78.4 Å². The standard InChI is InChI=1S/C35H34O8/c1-43-32-21-31(41)33(35(42)34(32)30(40)20-10-23-8-16-27(38)17-9-23)29(24-11-18-28(39)19-12-24)4-2-3-25(36)13-5-22-6-14-26(37)15-7-22/h2,4,6-12,14-21,25,29,36-39,41-42H,3,5,13H2,1H3/t25-,29-/m1/s1. The minimum atomic E-state index is -0.747. The van der Waals surface area contributed by atoms with Gasteiger partial charge in [-0.3, -0.25) is 4.79 Å². The zero-order chi connectivity index (χ0) is 30.9. The zero-order valence-electron chi connectivity index (χ0n) is 23.6. The van der Waals surface area contributed by atoms with Crippen LogP contribution in [0, 0.1) is 0 Å². The van der Waals surface area contributed by atoms with Gasteiger partial charge in [-0.2, -0.15) is 0 Å². The number of hydrogen-bond acceptors (Lipinski definition) is 8. The summed E-state index contributed by atoms with van der Waals surface area (Å²) in [5.41, 5.74) is 2.16. The van der Waals surface area contributed by atoms with Gasteiger partial charge in [0.2, 0.25) is 0 Å². The van der Waals surface area contributed by atoms with Crippen molar-refractivity contribution in [2.24, 2.45) is 0 Å². The molecule has 0 fully saturated rings. The van der Waals surface area contributed by atoms with E-state index in [0.29, 0.717) is 24.0 Å². The fraction of sp³-hybridized carbons (Fsp3) is 0.171. The number of benzene rings is 4. The van der Waals surface area contributed by atoms with Crippen molar-refractivity contribution in [2.45, 2.75) is 31.3 Å². The summed E-state index contributed by atoms with van der Waals surface area (Å²) in [4.78, 5) is 13.3. The van der Waals surface area contributed by atoms with Crippen LogP contribution < -0.4 is 4.74 Å². The van der Waals surface area contributed by atoms with E-state index in [9.17, 15) is 35.4 Å². The summed E-state index contributed by atoms with van der Waals surface area (Å²) in [6.07, 6.45) is 6.96. The summed E-state index contributed by atoms with van der Waals surface area (Å²) in [6.45, 7) is 0. The molecule has 2 atom stereocenters. The average molecular weight is 583 g/mol. The number of methoxy groups -OCH3 is 1. The van der Waals surface area contributed by atoms with E-state index in [1.165, 1.54) is 49.6 Å². The molecule has 0 radical (unpaired) electrons. The Balaban J connectivity index is 1.64. The summed E-state index contributed by atoms with van der Waals surface area (Å²) >= 11 is 0. The van der Waals surface area contributed by atoms with Gasteiger partial charge in [0.15, 0.2) is 5.78 Å². The molecule has 0 aliphatic heterocycles. The number of phenolic OH excluding ortho intramolecular Hbond substituents is 5. The first kappa shape index (κ1) is 30.7. The molecule has 0 saturated carbocycles. The number of aliphatic hydroxyl groups is 1. The molecule has 43 heavy (non-hydrogen) atoms. The monoisotopic (exact) mass is 582 g/mol. The average Bonchev–Trinajstić information content (AvgIpc) is 2.99. The van der Waals surface area contributed by atoms with Gasteiger partial charge < -0.3 is 35.4 Å². The Morgan fingerprint density at radius 3 is 2.02 bits per heavy atom. The maximum Gasteiger partial charge on any atom is 0.193 e. The van der Waals surface area contributed by atoms with Gasteiger partial charge >= 0.3 is 0 Å². The number of ether oxygens (including phenoxy) is 1. The first-order valence-corrected chi connectivity index (χ1v) is 13.7. The van der Waals surface area contributed by atoms with Crippen molar-refractivity contribution in [3.63, 3.8) is 0 Å². The van der Waals surface area contributed by atoms with Crippen LogP contribution in [-0.2, 0) is 6.42 Å². The molecule has 0 amide bonds. The lowest BCUT2D eigenvalue weighted by atomic mass is 9.86. The van der Waals surface area contributed by atoms with Gasteiger partial charge in [-0.15, -0.1) is 0 Å². The van der Waals surface area contributed by atoms with Crippen molar-refractivity contribution < 1.29 is 40.2 Å². The van der Waals surface area contributed by atoms with E-state index in [4.69, 9.17) is 4.74 Å². The van der Waals surface area contributed by atoms with E-state index in [1.807, 2.05) is 0 Å². The molecule has 0 unspecified atom stereocenters. The maximum absolute atomic E-state index is 13.3. The molecule has 0 spiro atoms. The van der Waals surface area contributed by atoms with Crippen LogP contribution in [0.5, 0.6) is 34.5 Å². The van der Waals surface area contributed by atoms with E-state index in [-0.39, 0.29) is 46.3 Å². The molecule has 4 aromatic rings. The molecular weight excluding hydrogens is 548 g/mol. The highest BCUT2D eigenvalue weighted by Gasteiger charge is 2.27. The minimum Gasteiger partial charge on any atom is -0.508 e. The highest BCUT2D eigenvalue weighted by atomic mass is 16.5. The first-order valence-electron chi connectivity index (χ1n) is 13.7. The zero-order valence-corrected chi connectivity index (χ0v) is 23.6. The number of aliphatic hydroxyl groups excluding tert-OH is 1. The molecule has 0 bridgehead atoms. The van der Waals surface area contributed by atoms with Gasteiger partial charge in [-0.25, -0.2) is 0 Å². The third-order valence-electron chi connectivity index (χ3n) is 7.07. The Kier molecular flexibility index (Phi) is 10.1. The van der Waals surface area contributed by atoms with Crippen LogP contribution >= 0.6 is 0 Å². The SMILES string of the molecule is COc1cc(O)c([C@H](C=CC[C@@H](O)CCc2ccc(O)cc2)c2ccc(O)cc2)c(O)c1C(=O)C=Cc1ccc(O)cc1. The molecule has 0 saturated heterocycles. The highest BCUT2D eigenvalue weighted by molar-refractivity contribution is 6.11. The molecule has 8 heteroatoms. The number of carbonyl (C=O) groups excluding carboxylic acids is 1. The number of carbonyl (C=O) groups is 1. The summed E-state index contributed by atoms with van der Waals surface area (Å²) in [5.74, 6) is -1.80. The molecule has 0 heterocycles. The molecule has 0 aliphatic carbocycles. The minimum absolute atomic E-state index is 0.0165. The smallest absolute Gasteiger partial charge is 0.193 e. The van der Waals surface area contributed by atoms with Crippen molar-refractivity contribution in [3.05, 3.63) is 125 Å². The predicted octanol–water partition coefficient (Wildman–Crippen LogP) is 6.19. The normalized spacial score (nSPS) is 12.9. The number of allylic oxidation sites excluding steroid dienone is 2. The van der Waals surface area contributed by atoms with E-state index >= 15 is 0 Å². The van der Waals surface area contributed by atoms with Gasteiger partial charge in [0.05, 0.1) is 13.2 Å². The number of ketones is 1. The molecule has 4 aromatic carbocycles. The fourth-order valence-corrected chi connectivity index (χ4v) is 4.73. The molecule has 6 N–H and O–H groups in total. The van der Waals surface area contributed by atoms with Gasteiger partial charge in [-0.1, -0.05) is 54.6 Å². The molecular formula is C35H34O8. The van der Waals surface area contributed by atoms with Crippen LogP contribution in [0.2, 0.25) is 0 Å². The quantitative estimate of drug-likeness (QED) is 0.0658. The van der Waals surface area contributed by atoms with Crippen molar-refractivity contribution in [2.75, 3.05) is 7.11 Å². The Morgan fingerprint density at radius 1 is 0.837 bits per heavy atom. The number of phenols is 5. The number of aromatic hydroxyl groups is 5. The number of aryl methyl sites for hydroxylation is 1. The molecule has 0 aliphatic rings. The van der Waals surface area contributed by atoms with Crippen LogP contribution in [0.4, 0.5) is 0 Å². The maximum atomic E-state index is 13.3. The fourth-order valence-electron chi connectivity index (χ4n) is 4.73. The third-order valence-corrected chi connectivity index (χ3v) is 7.07. The Morgan fingerprint density at radius 2 is 1.42 bits per heavy atom. The second-order valence-corrected chi connectivity index (χ2v) is 10.1. The van der Waals surface area contributed by atoms with Crippen molar-refractivity contribution in [1.29, 1.82) is 0 Å². The molecule has 4 rings (SSSR count). The lowest BCUT2D eigenvalue weighted by Gasteiger charge is -2.20. The first-order chi connectivity index (χ1) is 20.7. The van der Waals surface area contributed by atoms with E-state index < -0.39 is 23.6 Å². The summed E-state index contributed by atoms with van der Waals surface area (Å²) < 4.78 is 5.33. The van der Waals surface area contributed by atoms with Crippen molar-refractivity contribution in [3.8, 4) is 34.5 Å². The largest absolute Gasteiger partial charge is 0.508 e. The van der Waals surface area contributed by atoms with E-state index in [0.717, 1.165) is 5.56 Å². The van der Waals surface area contributed by atoms with E-state index in [1.54, 1.807) is 60.7 Å². The van der Waals surface area contributed by atoms with Crippen LogP contribution in [-0.4, -0.2) is 49.6 Å². The van der Waals surface area contributed by atoms with Crippen LogP contribution in [0.3, 0.4) is 0 Å². The number of rotatable bonds is 12. The highest BCUT2D eigenvalue weighted by Crippen LogP contribution is 2.45. The lowest BCUT2D eigenvalue weighted by molar-refractivity contribution is 0.104. The lowest BCUT2D eigenvalue weighted by Crippen LogP contribution is -2.08. The van der Waals surface area contributed by atoms with Crippen molar-refractivity contribution in [1.82, 2.24) is 0 Å². The summed E-state index contributed by atoms with van der Waals surface area (Å²) in [5, 5.41) is 61.9. The summed E-state index contributed by atoms with van der Waals surface area (Å²) in [6, 6.07) is 20.5. The van der Waals surface area contributed by atoms with Crippen LogP contribution in [0.1, 0.15) is 51.4 Å². The second kappa shape index (κ2) is 14.1. The third kappa shape index (κ3) is 7.96. The van der Waals surface area contributed by atoms with Gasteiger partial charge in [0.1, 0.15) is 40.1 Å². The molecule has 0 aromatic heterocycles. The predicted molar refractivity (Wildman–Crippen MR) is 164 cm³/mol. The Hall–Kier alpha value is -5.21. The summed E-state index contributed by atoms with van der Waals surface area (Å²) in [7, 11) is 1.32. The topological polar surface area (TPSA) is 148 Å². The van der Waals surface area contributed by atoms with Gasteiger partial charge in [0, 0.05) is 17.5 Å². The van der Waals surface area contributed by atoms with Crippen LogP contribution in [0.15, 0.2) is 97.1 Å². The Labute approximate surface area is 249 Å². The molecule has 222 valence electrons. The van der Waals surface area contributed by atoms with Gasteiger partial charge in [0.25, 0.3) is 0 Å². The number of hydrogen-bond donors (Lipinski definition) is 6.